The molecular weight excluding hydrogens is 298 g/mol. The van der Waals surface area contributed by atoms with Gasteiger partial charge in [0.15, 0.2) is 5.13 Å². The fourth-order valence-corrected chi connectivity index (χ4v) is 4.36. The van der Waals surface area contributed by atoms with E-state index in [-0.39, 0.29) is 0 Å². The van der Waals surface area contributed by atoms with Crippen LogP contribution in [-0.4, -0.2) is 41.6 Å². The van der Waals surface area contributed by atoms with Crippen molar-refractivity contribution in [3.8, 4) is 0 Å². The second-order valence-corrected chi connectivity index (χ2v) is 6.75. The summed E-state index contributed by atoms with van der Waals surface area (Å²) in [4.78, 5) is 9.73. The van der Waals surface area contributed by atoms with Gasteiger partial charge in [-0.05, 0) is 42.2 Å². The maximum atomic E-state index is 4.56. The fourth-order valence-electron chi connectivity index (χ4n) is 3.00. The van der Waals surface area contributed by atoms with Gasteiger partial charge in [0, 0.05) is 30.6 Å². The van der Waals surface area contributed by atoms with Gasteiger partial charge in [-0.25, -0.2) is 4.98 Å². The SMILES string of the molecule is CC1CN2CCCCC2CN1c1nc(Br)cs1. The topological polar surface area (TPSA) is 19.4 Å². The molecule has 94 valence electrons. The summed E-state index contributed by atoms with van der Waals surface area (Å²) >= 11 is 5.20. The first-order valence-electron chi connectivity index (χ1n) is 6.36. The Morgan fingerprint density at radius 2 is 2.29 bits per heavy atom. The van der Waals surface area contributed by atoms with Crippen LogP contribution in [-0.2, 0) is 0 Å². The number of halogens is 1. The molecule has 0 radical (unpaired) electrons. The predicted octanol–water partition coefficient (Wildman–Crippen LogP) is 2.97. The Balaban J connectivity index is 1.77. The van der Waals surface area contributed by atoms with Crippen molar-refractivity contribution < 1.29 is 0 Å². The lowest BCUT2D eigenvalue weighted by molar-refractivity contribution is 0.115. The molecule has 0 aromatic carbocycles. The van der Waals surface area contributed by atoms with E-state index in [9.17, 15) is 0 Å². The van der Waals surface area contributed by atoms with Crippen LogP contribution in [0.2, 0.25) is 0 Å². The second kappa shape index (κ2) is 4.86. The van der Waals surface area contributed by atoms with Gasteiger partial charge in [-0.1, -0.05) is 6.42 Å². The number of nitrogens with zero attached hydrogens (tertiary/aromatic N) is 3. The van der Waals surface area contributed by atoms with E-state index in [4.69, 9.17) is 0 Å². The molecule has 2 atom stereocenters. The lowest BCUT2D eigenvalue weighted by Gasteiger charge is -2.47. The van der Waals surface area contributed by atoms with Gasteiger partial charge in [0.05, 0.1) is 0 Å². The van der Waals surface area contributed by atoms with Crippen molar-refractivity contribution >= 4 is 32.4 Å². The van der Waals surface area contributed by atoms with E-state index in [1.54, 1.807) is 11.3 Å². The molecule has 2 aliphatic rings. The zero-order valence-electron chi connectivity index (χ0n) is 10.1. The monoisotopic (exact) mass is 315 g/mol. The van der Waals surface area contributed by atoms with Gasteiger partial charge in [-0.15, -0.1) is 11.3 Å². The van der Waals surface area contributed by atoms with Crippen molar-refractivity contribution in [1.29, 1.82) is 0 Å². The Morgan fingerprint density at radius 3 is 3.06 bits per heavy atom. The Kier molecular flexibility index (Phi) is 3.41. The lowest BCUT2D eigenvalue weighted by atomic mass is 9.97. The van der Waals surface area contributed by atoms with Crippen LogP contribution in [0.5, 0.6) is 0 Å². The minimum atomic E-state index is 0.586. The third-order valence-corrected chi connectivity index (χ3v) is 5.48. The predicted molar refractivity (Wildman–Crippen MR) is 75.8 cm³/mol. The van der Waals surface area contributed by atoms with E-state index in [2.05, 4.69) is 43.0 Å². The Labute approximate surface area is 115 Å². The molecule has 2 fully saturated rings. The first kappa shape index (κ1) is 11.9. The third-order valence-electron chi connectivity index (χ3n) is 3.90. The standard InChI is InChI=1S/C12H18BrN3S/c1-9-6-15-5-3-2-4-10(15)7-16(9)12-14-11(13)8-17-12/h8-10H,2-7H2,1H3. The molecule has 0 spiro atoms. The summed E-state index contributed by atoms with van der Waals surface area (Å²) in [5, 5.41) is 3.25. The molecule has 2 saturated heterocycles. The van der Waals surface area contributed by atoms with Gasteiger partial charge in [-0.2, -0.15) is 0 Å². The average Bonchev–Trinajstić information content (AvgIpc) is 2.75. The van der Waals surface area contributed by atoms with E-state index < -0.39 is 0 Å². The van der Waals surface area contributed by atoms with E-state index in [1.807, 2.05) is 0 Å². The number of hydrogen-bond donors (Lipinski definition) is 0. The summed E-state index contributed by atoms with van der Waals surface area (Å²) in [6.07, 6.45) is 4.13. The summed E-state index contributed by atoms with van der Waals surface area (Å²) in [5.74, 6) is 0. The minimum Gasteiger partial charge on any atom is -0.343 e. The van der Waals surface area contributed by atoms with Gasteiger partial charge in [0.25, 0.3) is 0 Å². The van der Waals surface area contributed by atoms with E-state index in [0.717, 1.165) is 17.2 Å². The fraction of sp³-hybridized carbons (Fsp3) is 0.750. The number of rotatable bonds is 1. The first-order valence-corrected chi connectivity index (χ1v) is 8.03. The Morgan fingerprint density at radius 1 is 1.41 bits per heavy atom. The van der Waals surface area contributed by atoms with Crippen LogP contribution in [0.3, 0.4) is 0 Å². The smallest absolute Gasteiger partial charge is 0.186 e. The van der Waals surface area contributed by atoms with Gasteiger partial charge in [0.1, 0.15) is 4.60 Å². The molecule has 1 aromatic rings. The highest BCUT2D eigenvalue weighted by atomic mass is 79.9. The average molecular weight is 316 g/mol. The van der Waals surface area contributed by atoms with Crippen LogP contribution in [0.25, 0.3) is 0 Å². The zero-order valence-corrected chi connectivity index (χ0v) is 12.5. The highest BCUT2D eigenvalue weighted by molar-refractivity contribution is 9.10. The molecule has 17 heavy (non-hydrogen) atoms. The first-order chi connectivity index (χ1) is 8.24. The number of thiazole rings is 1. The molecule has 2 aliphatic heterocycles. The molecule has 2 unspecified atom stereocenters. The van der Waals surface area contributed by atoms with Crippen molar-refractivity contribution in [1.82, 2.24) is 9.88 Å². The molecule has 0 bridgehead atoms. The van der Waals surface area contributed by atoms with E-state index >= 15 is 0 Å². The molecule has 1 aromatic heterocycles. The van der Waals surface area contributed by atoms with Gasteiger partial charge in [-0.3, -0.25) is 4.90 Å². The highest BCUT2D eigenvalue weighted by Crippen LogP contribution is 2.31. The number of piperazine rings is 1. The number of aromatic nitrogens is 1. The number of fused-ring (bicyclic) bond motifs is 1. The van der Waals surface area contributed by atoms with Crippen LogP contribution in [0, 0.1) is 0 Å². The summed E-state index contributed by atoms with van der Waals surface area (Å²) in [6.45, 7) is 5.97. The summed E-state index contributed by atoms with van der Waals surface area (Å²) in [6, 6.07) is 1.34. The minimum absolute atomic E-state index is 0.586. The molecular formula is C12H18BrN3S. The van der Waals surface area contributed by atoms with Gasteiger partial charge in [0.2, 0.25) is 0 Å². The highest BCUT2D eigenvalue weighted by Gasteiger charge is 2.33. The molecule has 5 heteroatoms. The number of anilines is 1. The van der Waals surface area contributed by atoms with Crippen LogP contribution in [0.15, 0.2) is 9.98 Å². The largest absolute Gasteiger partial charge is 0.343 e. The normalized spacial score (nSPS) is 30.4. The summed E-state index contributed by atoms with van der Waals surface area (Å²) < 4.78 is 0.968. The summed E-state index contributed by atoms with van der Waals surface area (Å²) in [7, 11) is 0. The lowest BCUT2D eigenvalue weighted by Crippen LogP contribution is -2.58. The number of piperidine rings is 1. The van der Waals surface area contributed by atoms with E-state index in [0.29, 0.717) is 6.04 Å². The summed E-state index contributed by atoms with van der Waals surface area (Å²) in [5.41, 5.74) is 0. The Bertz CT molecular complexity index is 395. The molecule has 0 amide bonds. The van der Waals surface area contributed by atoms with Crippen molar-refractivity contribution in [3.05, 3.63) is 9.98 Å². The van der Waals surface area contributed by atoms with Crippen molar-refractivity contribution in [2.24, 2.45) is 0 Å². The Hall–Kier alpha value is -0.130. The maximum Gasteiger partial charge on any atom is 0.186 e. The van der Waals surface area contributed by atoms with Crippen LogP contribution in [0.1, 0.15) is 26.2 Å². The van der Waals surface area contributed by atoms with Crippen LogP contribution in [0.4, 0.5) is 5.13 Å². The van der Waals surface area contributed by atoms with Gasteiger partial charge >= 0.3 is 0 Å². The van der Waals surface area contributed by atoms with Crippen molar-refractivity contribution in [2.45, 2.75) is 38.3 Å². The molecule has 0 aliphatic carbocycles. The molecule has 3 rings (SSSR count). The molecule has 3 nitrogen and oxygen atoms in total. The zero-order chi connectivity index (χ0) is 11.8. The van der Waals surface area contributed by atoms with Crippen LogP contribution >= 0.6 is 27.3 Å². The molecule has 3 heterocycles. The maximum absolute atomic E-state index is 4.56. The van der Waals surface area contributed by atoms with Crippen LogP contribution < -0.4 is 4.90 Å². The second-order valence-electron chi connectivity index (χ2n) is 5.10. The van der Waals surface area contributed by atoms with E-state index in [1.165, 1.54) is 37.5 Å². The molecule has 0 N–H and O–H groups in total. The molecule has 0 saturated carbocycles. The number of hydrogen-bond acceptors (Lipinski definition) is 4. The van der Waals surface area contributed by atoms with Gasteiger partial charge < -0.3 is 4.90 Å². The van der Waals surface area contributed by atoms with Crippen molar-refractivity contribution in [2.75, 3.05) is 24.5 Å². The van der Waals surface area contributed by atoms with Crippen molar-refractivity contribution in [3.63, 3.8) is 0 Å². The third kappa shape index (κ3) is 2.37. The quantitative estimate of drug-likeness (QED) is 0.794.